The number of rotatable bonds is 7. The van der Waals surface area contributed by atoms with E-state index < -0.39 is 20.7 Å². The van der Waals surface area contributed by atoms with Gasteiger partial charge < -0.3 is 15.6 Å². The van der Waals surface area contributed by atoms with Crippen LogP contribution in [-0.2, 0) is 14.8 Å². The smallest absolute Gasteiger partial charge is 0.258 e. The van der Waals surface area contributed by atoms with Crippen molar-refractivity contribution >= 4 is 66.3 Å². The van der Waals surface area contributed by atoms with E-state index in [-0.39, 0.29) is 21.9 Å². The summed E-state index contributed by atoms with van der Waals surface area (Å²) in [7, 11) is -2.66. The minimum absolute atomic E-state index is 0.0824. The van der Waals surface area contributed by atoms with Crippen molar-refractivity contribution in [2.75, 3.05) is 25.2 Å². The van der Waals surface area contributed by atoms with Crippen molar-refractivity contribution in [2.45, 2.75) is 23.8 Å². The number of nitrogens with two attached hydrogens (primary N) is 1. The van der Waals surface area contributed by atoms with Crippen LogP contribution in [0.3, 0.4) is 0 Å². The van der Waals surface area contributed by atoms with E-state index in [1.165, 1.54) is 17.0 Å². The molecule has 0 unspecified atom stereocenters. The number of nitrogens with zero attached hydrogens (tertiary/aromatic N) is 2. The third kappa shape index (κ3) is 5.14. The zero-order valence-corrected chi connectivity index (χ0v) is 20.6. The normalized spacial score (nSPS) is 17.1. The Morgan fingerprint density at radius 2 is 2.10 bits per heavy atom. The Morgan fingerprint density at radius 1 is 1.39 bits per heavy atom. The van der Waals surface area contributed by atoms with Gasteiger partial charge in [-0.1, -0.05) is 23.7 Å². The summed E-state index contributed by atoms with van der Waals surface area (Å²) >= 11 is 14.8. The van der Waals surface area contributed by atoms with Gasteiger partial charge in [0.25, 0.3) is 10.0 Å². The predicted molar refractivity (Wildman–Crippen MR) is 128 cm³/mol. The van der Waals surface area contributed by atoms with Crippen LogP contribution in [0.2, 0.25) is 5.02 Å². The Hall–Kier alpha value is -1.47. The molecule has 4 N–H and O–H groups in total. The molecule has 2 aromatic rings. The van der Waals surface area contributed by atoms with E-state index in [0.717, 1.165) is 12.8 Å². The van der Waals surface area contributed by atoms with E-state index in [1.54, 1.807) is 36.4 Å². The number of para-hydroxylation sites is 1. The summed E-state index contributed by atoms with van der Waals surface area (Å²) < 4.78 is 32.2. The zero-order valence-electron chi connectivity index (χ0n) is 16.6. The number of phenolic OH excluding ortho intramolecular Hbond substituents is 1. The van der Waals surface area contributed by atoms with Crippen LogP contribution in [0, 0.1) is 0 Å². The SMILES string of the molecule is COC[C@@H]1CCCN1NS(=O)(=O)c1c(Cl)ccc(N(C(N)=S)c2ccccc2Br)c1O. The fourth-order valence-corrected chi connectivity index (χ4v) is 5.93. The molecule has 1 heterocycles. The summed E-state index contributed by atoms with van der Waals surface area (Å²) in [5, 5.41) is 12.4. The van der Waals surface area contributed by atoms with Crippen molar-refractivity contribution in [1.82, 2.24) is 9.84 Å². The number of ether oxygens (including phenoxy) is 1. The number of hydrazine groups is 1. The number of anilines is 2. The van der Waals surface area contributed by atoms with Gasteiger partial charge in [0, 0.05) is 24.2 Å². The number of hydrogen-bond acceptors (Lipinski definition) is 6. The van der Waals surface area contributed by atoms with Crippen LogP contribution in [0.15, 0.2) is 45.8 Å². The second-order valence-corrected chi connectivity index (χ2v) is 10.2. The number of benzene rings is 2. The van der Waals surface area contributed by atoms with Crippen molar-refractivity contribution in [3.05, 3.63) is 45.9 Å². The molecule has 1 fully saturated rings. The van der Waals surface area contributed by atoms with E-state index in [9.17, 15) is 13.5 Å². The number of thiocarbonyl (C=S) groups is 1. The number of hydrogen-bond donors (Lipinski definition) is 3. The Labute approximate surface area is 200 Å². The first-order chi connectivity index (χ1) is 14.7. The summed E-state index contributed by atoms with van der Waals surface area (Å²) in [6, 6.07) is 9.79. The first-order valence-electron chi connectivity index (χ1n) is 9.31. The first-order valence-corrected chi connectivity index (χ1v) is 12.4. The summed E-state index contributed by atoms with van der Waals surface area (Å²) in [5.41, 5.74) is 6.54. The lowest BCUT2D eigenvalue weighted by Crippen LogP contribution is -2.46. The average Bonchev–Trinajstić information content (AvgIpc) is 3.11. The van der Waals surface area contributed by atoms with Crippen molar-refractivity contribution in [2.24, 2.45) is 5.73 Å². The maximum absolute atomic E-state index is 13.2. The standard InChI is InChI=1S/C19H22BrClN4O4S2/c1-29-11-12-5-4-10-24(12)23-31(27,28)18-14(21)8-9-16(17(18)26)25(19(22)30)15-7-3-2-6-13(15)20/h2-3,6-9,12,23,26H,4-5,10-11H2,1H3,(H2,22,30)/t12-/m0/s1. The monoisotopic (exact) mass is 548 g/mol. The van der Waals surface area contributed by atoms with E-state index in [4.69, 9.17) is 34.3 Å². The molecule has 0 saturated carbocycles. The second kappa shape index (κ2) is 9.99. The Balaban J connectivity index is 2.06. The molecule has 1 saturated heterocycles. The highest BCUT2D eigenvalue weighted by molar-refractivity contribution is 9.10. The van der Waals surface area contributed by atoms with Crippen LogP contribution in [0.1, 0.15) is 12.8 Å². The fraction of sp³-hybridized carbons (Fsp3) is 0.316. The summed E-state index contributed by atoms with van der Waals surface area (Å²) in [5.74, 6) is -0.564. The lowest BCUT2D eigenvalue weighted by atomic mass is 10.2. The van der Waals surface area contributed by atoms with Crippen molar-refractivity contribution < 1.29 is 18.3 Å². The first kappa shape index (κ1) is 24.2. The van der Waals surface area contributed by atoms with Gasteiger partial charge in [0.1, 0.15) is 4.90 Å². The van der Waals surface area contributed by atoms with Gasteiger partial charge in [0.2, 0.25) is 0 Å². The van der Waals surface area contributed by atoms with E-state index >= 15 is 0 Å². The van der Waals surface area contributed by atoms with Crippen LogP contribution < -0.4 is 15.5 Å². The van der Waals surface area contributed by atoms with Crippen LogP contribution in [-0.4, -0.2) is 49.9 Å². The highest BCUT2D eigenvalue weighted by atomic mass is 79.9. The molecule has 1 aliphatic heterocycles. The van der Waals surface area contributed by atoms with Crippen molar-refractivity contribution in [3.8, 4) is 5.75 Å². The molecule has 0 aromatic heterocycles. The predicted octanol–water partition coefficient (Wildman–Crippen LogP) is 3.49. The van der Waals surface area contributed by atoms with Gasteiger partial charge in [-0.05, 0) is 65.3 Å². The fourth-order valence-electron chi connectivity index (χ4n) is 3.49. The lowest BCUT2D eigenvalue weighted by Gasteiger charge is -2.27. The number of phenols is 1. The second-order valence-electron chi connectivity index (χ2n) is 6.91. The molecule has 12 heteroatoms. The number of aromatic hydroxyl groups is 1. The molecule has 0 amide bonds. The Kier molecular flexibility index (Phi) is 7.79. The highest BCUT2D eigenvalue weighted by Gasteiger charge is 2.33. The van der Waals surface area contributed by atoms with Crippen LogP contribution in [0.25, 0.3) is 0 Å². The molecule has 0 radical (unpaired) electrons. The molecule has 1 aliphatic rings. The van der Waals surface area contributed by atoms with Gasteiger partial charge in [0.05, 0.1) is 23.0 Å². The molecule has 1 atom stereocenters. The molecule has 3 rings (SSSR count). The number of methoxy groups -OCH3 is 1. The molecule has 168 valence electrons. The molecule has 2 aromatic carbocycles. The minimum atomic E-state index is -4.21. The van der Waals surface area contributed by atoms with E-state index in [2.05, 4.69) is 20.8 Å². The van der Waals surface area contributed by atoms with Crippen LogP contribution in [0.5, 0.6) is 5.75 Å². The van der Waals surface area contributed by atoms with Gasteiger partial charge in [-0.25, -0.2) is 13.4 Å². The van der Waals surface area contributed by atoms with E-state index in [0.29, 0.717) is 23.3 Å². The zero-order chi connectivity index (χ0) is 22.8. The Bertz CT molecular complexity index is 1090. The Morgan fingerprint density at radius 3 is 2.74 bits per heavy atom. The van der Waals surface area contributed by atoms with Crippen molar-refractivity contribution in [1.29, 1.82) is 0 Å². The molecule has 0 spiro atoms. The number of halogens is 2. The van der Waals surface area contributed by atoms with E-state index in [1.807, 2.05) is 0 Å². The molecular formula is C19H22BrClN4O4S2. The number of sulfonamides is 1. The molecule has 31 heavy (non-hydrogen) atoms. The summed E-state index contributed by atoms with van der Waals surface area (Å²) in [4.78, 5) is 3.44. The number of nitrogens with one attached hydrogen (secondary N) is 1. The van der Waals surface area contributed by atoms with Crippen LogP contribution >= 0.6 is 39.7 Å². The molecule has 0 aliphatic carbocycles. The van der Waals surface area contributed by atoms with Crippen molar-refractivity contribution in [3.63, 3.8) is 0 Å². The van der Waals surface area contributed by atoms with Gasteiger partial charge in [-0.15, -0.1) is 4.83 Å². The molecule has 0 bridgehead atoms. The lowest BCUT2D eigenvalue weighted by molar-refractivity contribution is 0.104. The molecule has 8 nitrogen and oxygen atoms in total. The third-order valence-electron chi connectivity index (χ3n) is 4.86. The largest absolute Gasteiger partial charge is 0.504 e. The minimum Gasteiger partial charge on any atom is -0.504 e. The summed E-state index contributed by atoms with van der Waals surface area (Å²) in [6.07, 6.45) is 1.60. The quantitative estimate of drug-likeness (QED) is 0.451. The maximum Gasteiger partial charge on any atom is 0.258 e. The van der Waals surface area contributed by atoms with Gasteiger partial charge in [-0.2, -0.15) is 0 Å². The topological polar surface area (TPSA) is 108 Å². The van der Waals surface area contributed by atoms with Gasteiger partial charge >= 0.3 is 0 Å². The average molecular weight is 550 g/mol. The molecular weight excluding hydrogens is 528 g/mol. The van der Waals surface area contributed by atoms with Gasteiger partial charge in [0.15, 0.2) is 10.9 Å². The summed E-state index contributed by atoms with van der Waals surface area (Å²) in [6.45, 7) is 0.890. The maximum atomic E-state index is 13.2. The third-order valence-corrected chi connectivity index (χ3v) is 7.56. The highest BCUT2D eigenvalue weighted by Crippen LogP contribution is 2.43. The van der Waals surface area contributed by atoms with Gasteiger partial charge in [-0.3, -0.25) is 4.90 Å². The van der Waals surface area contributed by atoms with Crippen LogP contribution in [0.4, 0.5) is 11.4 Å².